The van der Waals surface area contributed by atoms with Crippen molar-refractivity contribution in [2.45, 2.75) is 38.6 Å². The van der Waals surface area contributed by atoms with E-state index >= 15 is 0 Å². The molecule has 0 radical (unpaired) electrons. The summed E-state index contributed by atoms with van der Waals surface area (Å²) in [7, 11) is 0. The number of hydrogen-bond acceptors (Lipinski definition) is 2. The van der Waals surface area contributed by atoms with Crippen LogP contribution in [0.3, 0.4) is 0 Å². The van der Waals surface area contributed by atoms with Gasteiger partial charge in [-0.1, -0.05) is 43.5 Å². The number of halogens is 1. The lowest BCUT2D eigenvalue weighted by molar-refractivity contribution is -0.142. The van der Waals surface area contributed by atoms with Crippen molar-refractivity contribution in [2.24, 2.45) is 0 Å². The first-order chi connectivity index (χ1) is 9.02. The molecule has 0 saturated heterocycles. The van der Waals surface area contributed by atoms with E-state index in [1.807, 2.05) is 6.92 Å². The van der Waals surface area contributed by atoms with Gasteiger partial charge >= 0.3 is 5.97 Å². The van der Waals surface area contributed by atoms with E-state index < -0.39 is 12.0 Å². The smallest absolute Gasteiger partial charge is 0.326 e. The van der Waals surface area contributed by atoms with E-state index in [9.17, 15) is 9.59 Å². The zero-order valence-electron chi connectivity index (χ0n) is 10.9. The van der Waals surface area contributed by atoms with Crippen LogP contribution in [0.4, 0.5) is 0 Å². The lowest BCUT2D eigenvalue weighted by Crippen LogP contribution is -2.41. The predicted octanol–water partition coefficient (Wildman–Crippen LogP) is 2.64. The lowest BCUT2D eigenvalue weighted by atomic mass is 10.1. The molecule has 0 fully saturated rings. The van der Waals surface area contributed by atoms with Crippen molar-refractivity contribution in [3.05, 3.63) is 34.9 Å². The largest absolute Gasteiger partial charge is 0.480 e. The summed E-state index contributed by atoms with van der Waals surface area (Å²) in [5, 5.41) is 12.1. The van der Waals surface area contributed by atoms with E-state index in [0.717, 1.165) is 18.4 Å². The second-order valence-corrected chi connectivity index (χ2v) is 4.84. The Morgan fingerprint density at radius 1 is 1.42 bits per heavy atom. The molecule has 0 saturated carbocycles. The molecule has 0 aliphatic heterocycles. The van der Waals surface area contributed by atoms with Gasteiger partial charge in [0.2, 0.25) is 5.91 Å². The molecule has 19 heavy (non-hydrogen) atoms. The zero-order chi connectivity index (χ0) is 14.3. The first-order valence-corrected chi connectivity index (χ1v) is 6.67. The molecule has 0 spiro atoms. The summed E-state index contributed by atoms with van der Waals surface area (Å²) in [6.07, 6.45) is 2.26. The molecule has 1 rings (SSSR count). The summed E-state index contributed by atoms with van der Waals surface area (Å²) < 4.78 is 0. The highest BCUT2D eigenvalue weighted by Crippen LogP contribution is 2.11. The number of carbonyl (C=O) groups excluding carboxylic acids is 1. The van der Waals surface area contributed by atoms with Crippen molar-refractivity contribution in [1.82, 2.24) is 5.32 Å². The minimum absolute atomic E-state index is 0.135. The first-order valence-electron chi connectivity index (χ1n) is 6.29. The van der Waals surface area contributed by atoms with E-state index in [1.54, 1.807) is 24.3 Å². The SMILES string of the molecule is CCCCC(NC(=O)Cc1cccc(Cl)c1)C(=O)O. The highest BCUT2D eigenvalue weighted by atomic mass is 35.5. The van der Waals surface area contributed by atoms with E-state index in [2.05, 4.69) is 5.32 Å². The molecule has 0 aliphatic carbocycles. The fraction of sp³-hybridized carbons (Fsp3) is 0.429. The molecule has 1 amide bonds. The average Bonchev–Trinajstić information content (AvgIpc) is 2.34. The molecule has 2 N–H and O–H groups in total. The maximum Gasteiger partial charge on any atom is 0.326 e. The summed E-state index contributed by atoms with van der Waals surface area (Å²) >= 11 is 5.83. The molecule has 4 nitrogen and oxygen atoms in total. The summed E-state index contributed by atoms with van der Waals surface area (Å²) in [6, 6.07) is 6.16. The number of hydrogen-bond donors (Lipinski definition) is 2. The molecule has 1 aromatic carbocycles. The van der Waals surface area contributed by atoms with Crippen LogP contribution in [0.25, 0.3) is 0 Å². The number of carbonyl (C=O) groups is 2. The molecule has 0 heterocycles. The van der Waals surface area contributed by atoms with Crippen LogP contribution in [0.5, 0.6) is 0 Å². The van der Waals surface area contributed by atoms with Gasteiger partial charge < -0.3 is 10.4 Å². The van der Waals surface area contributed by atoms with Gasteiger partial charge in [0.05, 0.1) is 6.42 Å². The van der Waals surface area contributed by atoms with Gasteiger partial charge in [-0.05, 0) is 24.1 Å². The van der Waals surface area contributed by atoms with Gasteiger partial charge in [0.25, 0.3) is 0 Å². The van der Waals surface area contributed by atoms with Gasteiger partial charge in [-0.25, -0.2) is 4.79 Å². The predicted molar refractivity (Wildman–Crippen MR) is 74.2 cm³/mol. The molecule has 1 atom stereocenters. The Kier molecular flexibility index (Phi) is 6.36. The fourth-order valence-electron chi connectivity index (χ4n) is 1.74. The van der Waals surface area contributed by atoms with Crippen LogP contribution >= 0.6 is 11.6 Å². The van der Waals surface area contributed by atoms with Gasteiger partial charge in [-0.15, -0.1) is 0 Å². The molecule has 0 aromatic heterocycles. The molecule has 5 heteroatoms. The number of carboxylic acids is 1. The molecule has 1 aromatic rings. The van der Waals surface area contributed by atoms with Crippen molar-refractivity contribution in [3.8, 4) is 0 Å². The topological polar surface area (TPSA) is 66.4 Å². The lowest BCUT2D eigenvalue weighted by Gasteiger charge is -2.14. The van der Waals surface area contributed by atoms with E-state index in [1.165, 1.54) is 0 Å². The minimum atomic E-state index is -0.993. The molecular formula is C14H18ClNO3. The molecule has 104 valence electrons. The third-order valence-electron chi connectivity index (χ3n) is 2.73. The zero-order valence-corrected chi connectivity index (χ0v) is 11.6. The van der Waals surface area contributed by atoms with Crippen molar-refractivity contribution in [2.75, 3.05) is 0 Å². The van der Waals surface area contributed by atoms with Gasteiger partial charge in [0, 0.05) is 5.02 Å². The average molecular weight is 284 g/mol. The molecule has 0 bridgehead atoms. The van der Waals surface area contributed by atoms with Crippen molar-refractivity contribution in [1.29, 1.82) is 0 Å². The minimum Gasteiger partial charge on any atom is -0.480 e. The number of benzene rings is 1. The number of carboxylic acid groups (broad SMARTS) is 1. The maximum atomic E-state index is 11.8. The Bertz CT molecular complexity index is 448. The second-order valence-electron chi connectivity index (χ2n) is 4.41. The highest BCUT2D eigenvalue weighted by molar-refractivity contribution is 6.30. The van der Waals surface area contributed by atoms with Crippen molar-refractivity contribution < 1.29 is 14.7 Å². The van der Waals surface area contributed by atoms with E-state index in [0.29, 0.717) is 11.4 Å². The molecular weight excluding hydrogens is 266 g/mol. The summed E-state index contributed by atoms with van der Waals surface area (Å²) in [6.45, 7) is 1.98. The van der Waals surface area contributed by atoms with Gasteiger partial charge in [0.15, 0.2) is 0 Å². The van der Waals surface area contributed by atoms with Crippen LogP contribution in [-0.4, -0.2) is 23.0 Å². The standard InChI is InChI=1S/C14H18ClNO3/c1-2-3-7-12(14(18)19)16-13(17)9-10-5-4-6-11(15)8-10/h4-6,8,12H,2-3,7,9H2,1H3,(H,16,17)(H,18,19). The van der Waals surface area contributed by atoms with Crippen molar-refractivity contribution >= 4 is 23.5 Å². The second kappa shape index (κ2) is 7.79. The fourth-order valence-corrected chi connectivity index (χ4v) is 1.96. The monoisotopic (exact) mass is 283 g/mol. The quantitative estimate of drug-likeness (QED) is 0.808. The Labute approximate surface area is 117 Å². The van der Waals surface area contributed by atoms with Gasteiger partial charge in [0.1, 0.15) is 6.04 Å². The summed E-state index contributed by atoms with van der Waals surface area (Å²) in [4.78, 5) is 22.8. The van der Waals surface area contributed by atoms with Crippen molar-refractivity contribution in [3.63, 3.8) is 0 Å². The molecule has 0 aliphatic rings. The van der Waals surface area contributed by atoms with Crippen LogP contribution in [0.15, 0.2) is 24.3 Å². The number of unbranched alkanes of at least 4 members (excludes halogenated alkanes) is 1. The Morgan fingerprint density at radius 2 is 2.16 bits per heavy atom. The summed E-state index contributed by atoms with van der Waals surface area (Å²) in [5.74, 6) is -1.29. The van der Waals surface area contributed by atoms with Gasteiger partial charge in [-0.3, -0.25) is 4.79 Å². The molecule has 1 unspecified atom stereocenters. The number of rotatable bonds is 7. The maximum absolute atomic E-state index is 11.8. The highest BCUT2D eigenvalue weighted by Gasteiger charge is 2.19. The Morgan fingerprint density at radius 3 is 2.74 bits per heavy atom. The van der Waals surface area contributed by atoms with Crippen LogP contribution in [-0.2, 0) is 16.0 Å². The number of aliphatic carboxylic acids is 1. The number of amides is 1. The van der Waals surface area contributed by atoms with Gasteiger partial charge in [-0.2, -0.15) is 0 Å². The van der Waals surface area contributed by atoms with Crippen LogP contribution in [0.2, 0.25) is 5.02 Å². The number of nitrogens with one attached hydrogen (secondary N) is 1. The Balaban J connectivity index is 2.55. The van der Waals surface area contributed by atoms with Crippen LogP contribution in [0.1, 0.15) is 31.7 Å². The van der Waals surface area contributed by atoms with Crippen LogP contribution < -0.4 is 5.32 Å². The third kappa shape index (κ3) is 5.75. The first kappa shape index (κ1) is 15.5. The van der Waals surface area contributed by atoms with E-state index in [4.69, 9.17) is 16.7 Å². The normalized spacial score (nSPS) is 11.9. The Hall–Kier alpha value is -1.55. The van der Waals surface area contributed by atoms with E-state index in [-0.39, 0.29) is 12.3 Å². The van der Waals surface area contributed by atoms with Crippen LogP contribution in [0, 0.1) is 0 Å². The third-order valence-corrected chi connectivity index (χ3v) is 2.97. The summed E-state index contributed by atoms with van der Waals surface area (Å²) in [5.41, 5.74) is 0.768.